The summed E-state index contributed by atoms with van der Waals surface area (Å²) in [5.41, 5.74) is 0. The van der Waals surface area contributed by atoms with E-state index in [1.165, 1.54) is 20.8 Å². The quantitative estimate of drug-likeness (QED) is 0.586. The Bertz CT molecular complexity index is 134. The third-order valence-corrected chi connectivity index (χ3v) is 2.44. The maximum Gasteiger partial charge on any atom is 0.166 e. The largest absolute Gasteiger partial charge is 0.305 e. The van der Waals surface area contributed by atoms with Crippen molar-refractivity contribution in [2.75, 3.05) is 0 Å². The molecular weight excluding hydrogens is 140 g/mol. The number of hydrogen-bond acceptors (Lipinski definition) is 2. The third-order valence-electron chi connectivity index (χ3n) is 1.28. The highest BCUT2D eigenvalue weighted by Gasteiger charge is 2.29. The average Bonchev–Trinajstić information content (AvgIpc) is 1.65. The molecule has 0 aromatic heterocycles. The number of ketones is 1. The highest BCUT2D eigenvalue weighted by molar-refractivity contribution is 7.81. The van der Waals surface area contributed by atoms with Crippen molar-refractivity contribution in [3.05, 3.63) is 0 Å². The molecular formula is C5H10O3S. The summed E-state index contributed by atoms with van der Waals surface area (Å²) in [6, 6.07) is 0. The minimum atomic E-state index is -2.06. The Balaban J connectivity index is 4.38. The predicted molar refractivity (Wildman–Crippen MR) is 35.5 cm³/mol. The van der Waals surface area contributed by atoms with Gasteiger partial charge in [0.05, 0.1) is 0 Å². The lowest BCUT2D eigenvalue weighted by Gasteiger charge is -2.14. The summed E-state index contributed by atoms with van der Waals surface area (Å²) in [4.78, 5) is 10.6. The number of hydrogen-bond donors (Lipinski definition) is 1. The molecule has 3 nitrogen and oxygen atoms in total. The van der Waals surface area contributed by atoms with Crippen molar-refractivity contribution >= 4 is 16.9 Å². The number of Topliss-reactive ketones (excluding diaryl/α,β-unsaturated/α-hetero) is 1. The molecule has 54 valence electrons. The van der Waals surface area contributed by atoms with Gasteiger partial charge >= 0.3 is 0 Å². The minimum Gasteiger partial charge on any atom is -0.305 e. The van der Waals surface area contributed by atoms with Gasteiger partial charge in [0.15, 0.2) is 11.1 Å². The highest BCUT2D eigenvalue weighted by atomic mass is 32.2. The second kappa shape index (κ2) is 2.58. The Morgan fingerprint density at radius 2 is 1.89 bits per heavy atom. The fourth-order valence-electron chi connectivity index (χ4n) is 0.123. The van der Waals surface area contributed by atoms with Gasteiger partial charge in [-0.15, -0.1) is 0 Å². The third kappa shape index (κ3) is 1.87. The standard InChI is InChI=1S/C5H10O3S/c1-4(6)5(2,3)9(7)8/h1-3H3,(H,7,8). The SMILES string of the molecule is CC(=O)C(C)(C)S(=O)O. The Morgan fingerprint density at radius 1 is 1.56 bits per heavy atom. The summed E-state index contributed by atoms with van der Waals surface area (Å²) in [6.07, 6.45) is 0. The first-order valence-electron chi connectivity index (χ1n) is 2.51. The molecule has 0 bridgehead atoms. The Morgan fingerprint density at radius 3 is 1.89 bits per heavy atom. The minimum absolute atomic E-state index is 0.275. The topological polar surface area (TPSA) is 54.4 Å². The molecule has 9 heavy (non-hydrogen) atoms. The van der Waals surface area contributed by atoms with E-state index in [2.05, 4.69) is 0 Å². The summed E-state index contributed by atoms with van der Waals surface area (Å²) in [6.45, 7) is 4.17. The molecule has 1 N–H and O–H groups in total. The molecule has 0 saturated carbocycles. The summed E-state index contributed by atoms with van der Waals surface area (Å²) in [7, 11) is 0. The molecule has 0 aromatic rings. The van der Waals surface area contributed by atoms with Gasteiger partial charge in [-0.3, -0.25) is 4.79 Å². The van der Waals surface area contributed by atoms with E-state index < -0.39 is 15.8 Å². The van der Waals surface area contributed by atoms with Gasteiger partial charge in [-0.2, -0.15) is 0 Å². The van der Waals surface area contributed by atoms with E-state index in [4.69, 9.17) is 4.55 Å². The second-order valence-electron chi connectivity index (χ2n) is 2.32. The molecule has 0 heterocycles. The van der Waals surface area contributed by atoms with Gasteiger partial charge in [0.1, 0.15) is 10.5 Å². The van der Waals surface area contributed by atoms with Crippen molar-refractivity contribution in [2.45, 2.75) is 25.5 Å². The first-order valence-corrected chi connectivity index (χ1v) is 3.61. The van der Waals surface area contributed by atoms with Crippen molar-refractivity contribution in [1.82, 2.24) is 0 Å². The predicted octanol–water partition coefficient (Wildman–Crippen LogP) is 0.576. The summed E-state index contributed by atoms with van der Waals surface area (Å²) in [5.74, 6) is -0.275. The molecule has 1 unspecified atom stereocenters. The highest BCUT2D eigenvalue weighted by Crippen LogP contribution is 2.10. The molecule has 0 aliphatic heterocycles. The van der Waals surface area contributed by atoms with Gasteiger partial charge in [0, 0.05) is 0 Å². The van der Waals surface area contributed by atoms with Crippen LogP contribution in [0.2, 0.25) is 0 Å². The van der Waals surface area contributed by atoms with Crippen molar-refractivity contribution in [3.8, 4) is 0 Å². The molecule has 0 aliphatic carbocycles. The molecule has 0 spiro atoms. The zero-order valence-electron chi connectivity index (χ0n) is 5.67. The lowest BCUT2D eigenvalue weighted by molar-refractivity contribution is -0.118. The molecule has 0 saturated heterocycles. The normalized spacial score (nSPS) is 15.1. The van der Waals surface area contributed by atoms with Gasteiger partial charge in [-0.05, 0) is 20.8 Å². The monoisotopic (exact) mass is 150 g/mol. The maximum absolute atomic E-state index is 10.6. The lowest BCUT2D eigenvalue weighted by atomic mass is 10.1. The van der Waals surface area contributed by atoms with Crippen LogP contribution in [0, 0.1) is 0 Å². The Hall–Kier alpha value is -0.220. The molecule has 4 heteroatoms. The lowest BCUT2D eigenvalue weighted by Crippen LogP contribution is -2.34. The fourth-order valence-corrected chi connectivity index (χ4v) is 0.369. The van der Waals surface area contributed by atoms with Crippen LogP contribution < -0.4 is 0 Å². The van der Waals surface area contributed by atoms with E-state index in [1.54, 1.807) is 0 Å². The van der Waals surface area contributed by atoms with E-state index in [9.17, 15) is 9.00 Å². The smallest absolute Gasteiger partial charge is 0.166 e. The van der Waals surface area contributed by atoms with Crippen molar-refractivity contribution in [1.29, 1.82) is 0 Å². The summed E-state index contributed by atoms with van der Waals surface area (Å²) < 4.78 is 17.7. The molecule has 0 aromatic carbocycles. The van der Waals surface area contributed by atoms with E-state index in [0.717, 1.165) is 0 Å². The van der Waals surface area contributed by atoms with Crippen LogP contribution in [0.4, 0.5) is 0 Å². The summed E-state index contributed by atoms with van der Waals surface area (Å²) >= 11 is -2.06. The number of rotatable bonds is 2. The van der Waals surface area contributed by atoms with Gasteiger partial charge < -0.3 is 4.55 Å². The van der Waals surface area contributed by atoms with Crippen molar-refractivity contribution in [2.24, 2.45) is 0 Å². The van der Waals surface area contributed by atoms with Crippen LogP contribution in [0.5, 0.6) is 0 Å². The fraction of sp³-hybridized carbons (Fsp3) is 0.800. The first kappa shape index (κ1) is 8.78. The molecule has 0 fully saturated rings. The first-order chi connectivity index (χ1) is 3.89. The average molecular weight is 150 g/mol. The Labute approximate surface area is 56.7 Å². The van der Waals surface area contributed by atoms with Crippen LogP contribution in [0.25, 0.3) is 0 Å². The van der Waals surface area contributed by atoms with Crippen LogP contribution in [0.15, 0.2) is 0 Å². The number of carbonyl (C=O) groups is 1. The molecule has 0 rings (SSSR count). The zero-order chi connectivity index (χ0) is 7.65. The molecule has 0 aliphatic rings. The number of carbonyl (C=O) groups excluding carboxylic acids is 1. The van der Waals surface area contributed by atoms with Crippen LogP contribution in [-0.2, 0) is 15.9 Å². The zero-order valence-corrected chi connectivity index (χ0v) is 6.49. The van der Waals surface area contributed by atoms with E-state index in [-0.39, 0.29) is 5.78 Å². The van der Waals surface area contributed by atoms with Crippen LogP contribution >= 0.6 is 0 Å². The van der Waals surface area contributed by atoms with Gasteiger partial charge in [0.25, 0.3) is 0 Å². The maximum atomic E-state index is 10.6. The van der Waals surface area contributed by atoms with Crippen LogP contribution in [0.3, 0.4) is 0 Å². The molecule has 1 atom stereocenters. The van der Waals surface area contributed by atoms with E-state index >= 15 is 0 Å². The van der Waals surface area contributed by atoms with Gasteiger partial charge in [0.2, 0.25) is 0 Å². The van der Waals surface area contributed by atoms with Crippen molar-refractivity contribution < 1.29 is 13.6 Å². The second-order valence-corrected chi connectivity index (χ2v) is 3.83. The Kier molecular flexibility index (Phi) is 2.51. The van der Waals surface area contributed by atoms with Gasteiger partial charge in [-0.1, -0.05) is 0 Å². The van der Waals surface area contributed by atoms with E-state index in [0.29, 0.717) is 0 Å². The molecule has 0 amide bonds. The van der Waals surface area contributed by atoms with Gasteiger partial charge in [-0.25, -0.2) is 4.21 Å². The molecule has 0 radical (unpaired) electrons. The van der Waals surface area contributed by atoms with Crippen LogP contribution in [0.1, 0.15) is 20.8 Å². The summed E-state index contributed by atoms with van der Waals surface area (Å²) in [5, 5.41) is 0. The van der Waals surface area contributed by atoms with Crippen LogP contribution in [-0.4, -0.2) is 19.3 Å². The van der Waals surface area contributed by atoms with E-state index in [1.807, 2.05) is 0 Å². The van der Waals surface area contributed by atoms with Crippen molar-refractivity contribution in [3.63, 3.8) is 0 Å².